The highest BCUT2D eigenvalue weighted by molar-refractivity contribution is 6.54. The number of likely N-dealkylation sites (tertiary alicyclic amines) is 1. The summed E-state index contributed by atoms with van der Waals surface area (Å²) in [4.78, 5) is 39.2. The van der Waals surface area contributed by atoms with E-state index in [1.807, 2.05) is 6.07 Å². The van der Waals surface area contributed by atoms with Gasteiger partial charge in [0.1, 0.15) is 23.4 Å². The number of anilines is 1. The van der Waals surface area contributed by atoms with Crippen molar-refractivity contribution in [1.82, 2.24) is 10.1 Å². The number of nitrogens with zero attached hydrogens (tertiary/aromatic N) is 3. The number of aromatic nitrogens is 1. The van der Waals surface area contributed by atoms with Gasteiger partial charge in [0.2, 0.25) is 5.91 Å². The number of rotatable bonds is 10. The zero-order chi connectivity index (χ0) is 32.1. The van der Waals surface area contributed by atoms with Gasteiger partial charge in [0.05, 0.1) is 10.6 Å². The molecule has 0 radical (unpaired) electrons. The highest BCUT2D eigenvalue weighted by Crippen LogP contribution is 2.39. The fourth-order valence-corrected chi connectivity index (χ4v) is 5.65. The topological polar surface area (TPSA) is 93.0 Å². The molecule has 0 aliphatic carbocycles. The molecular weight excluding hydrogens is 644 g/mol. The SMILES string of the molecule is CC(=O)N1CCC(Oc2cccc(Cl)c2-c2cc(-c3cccc(N(CCC(=O)c4ccc(F)cc4)C(=O)C(Cl)Cl)c3)on2)CC1. The first-order valence-corrected chi connectivity index (χ1v) is 15.5. The highest BCUT2D eigenvalue weighted by atomic mass is 35.5. The molecule has 3 aromatic carbocycles. The van der Waals surface area contributed by atoms with E-state index in [1.54, 1.807) is 54.3 Å². The zero-order valence-corrected chi connectivity index (χ0v) is 26.5. The second kappa shape index (κ2) is 14.5. The van der Waals surface area contributed by atoms with Gasteiger partial charge in [-0.1, -0.05) is 58.2 Å². The van der Waals surface area contributed by atoms with Crippen LogP contribution in [0, 0.1) is 5.82 Å². The van der Waals surface area contributed by atoms with Crippen molar-refractivity contribution in [3.8, 4) is 28.3 Å². The summed E-state index contributed by atoms with van der Waals surface area (Å²) in [5, 5.41) is 4.69. The average Bonchev–Trinajstić information content (AvgIpc) is 3.51. The summed E-state index contributed by atoms with van der Waals surface area (Å²) in [6, 6.07) is 19.2. The molecule has 12 heteroatoms. The maximum absolute atomic E-state index is 13.3. The number of ketones is 1. The first-order valence-electron chi connectivity index (χ1n) is 14.3. The molecule has 234 valence electrons. The third kappa shape index (κ3) is 7.84. The zero-order valence-electron chi connectivity index (χ0n) is 24.2. The number of hydrogen-bond acceptors (Lipinski definition) is 6. The van der Waals surface area contributed by atoms with Gasteiger partial charge in [-0.15, -0.1) is 0 Å². The van der Waals surface area contributed by atoms with Crippen LogP contribution in [0.15, 0.2) is 77.3 Å². The predicted octanol–water partition coefficient (Wildman–Crippen LogP) is 7.60. The molecule has 1 saturated heterocycles. The molecule has 0 spiro atoms. The van der Waals surface area contributed by atoms with Crippen LogP contribution >= 0.6 is 34.8 Å². The first kappa shape index (κ1) is 32.5. The van der Waals surface area contributed by atoms with Crippen molar-refractivity contribution in [3.05, 3.63) is 89.2 Å². The smallest absolute Gasteiger partial charge is 0.260 e. The standard InChI is InChI=1S/C33H29Cl3FN3O5/c1-20(41)39-15-12-25(13-16-39)44-29-7-3-6-26(34)31(29)27-19-30(45-38-27)22-4-2-5-24(18-22)40(33(43)32(35)36)17-14-28(42)21-8-10-23(37)11-9-21/h2-11,18-19,25,32H,12-17H2,1H3. The monoisotopic (exact) mass is 671 g/mol. The van der Waals surface area contributed by atoms with Gasteiger partial charge in [0.25, 0.3) is 5.91 Å². The first-order chi connectivity index (χ1) is 21.6. The normalized spacial score (nSPS) is 13.6. The highest BCUT2D eigenvalue weighted by Gasteiger charge is 2.26. The minimum Gasteiger partial charge on any atom is -0.490 e. The van der Waals surface area contributed by atoms with Crippen LogP contribution in [0.5, 0.6) is 5.75 Å². The van der Waals surface area contributed by atoms with E-state index in [2.05, 4.69) is 5.16 Å². The Balaban J connectivity index is 1.36. The van der Waals surface area contributed by atoms with Crippen LogP contribution in [-0.4, -0.2) is 58.2 Å². The number of benzene rings is 3. The lowest BCUT2D eigenvalue weighted by molar-refractivity contribution is -0.130. The molecule has 0 N–H and O–H groups in total. The molecule has 45 heavy (non-hydrogen) atoms. The molecule has 0 unspecified atom stereocenters. The van der Waals surface area contributed by atoms with Crippen molar-refractivity contribution in [3.63, 3.8) is 0 Å². The van der Waals surface area contributed by atoms with Crippen molar-refractivity contribution in [2.75, 3.05) is 24.5 Å². The van der Waals surface area contributed by atoms with E-state index in [0.29, 0.717) is 70.5 Å². The fourth-order valence-electron chi connectivity index (χ4n) is 5.15. The Hall–Kier alpha value is -3.92. The Morgan fingerprint density at radius 1 is 1.04 bits per heavy atom. The number of halogens is 4. The molecule has 8 nitrogen and oxygen atoms in total. The van der Waals surface area contributed by atoms with Crippen LogP contribution in [0.1, 0.15) is 36.5 Å². The lowest BCUT2D eigenvalue weighted by atomic mass is 10.1. The molecule has 4 aromatic rings. The molecule has 0 atom stereocenters. The average molecular weight is 673 g/mol. The van der Waals surface area contributed by atoms with E-state index in [4.69, 9.17) is 44.1 Å². The number of ether oxygens (including phenoxy) is 1. The van der Waals surface area contributed by atoms with Crippen LogP contribution in [0.4, 0.5) is 10.1 Å². The number of Topliss-reactive ketones (excluding diaryl/α,β-unsaturated/α-hetero) is 1. The maximum atomic E-state index is 13.3. The van der Waals surface area contributed by atoms with Crippen LogP contribution in [0.2, 0.25) is 5.02 Å². The van der Waals surface area contributed by atoms with Crippen molar-refractivity contribution in [1.29, 1.82) is 0 Å². The second-order valence-electron chi connectivity index (χ2n) is 10.5. The Labute approximate surface area is 274 Å². The van der Waals surface area contributed by atoms with Gasteiger partial charge in [0, 0.05) is 68.7 Å². The molecule has 2 amide bonds. The van der Waals surface area contributed by atoms with E-state index in [0.717, 1.165) is 0 Å². The summed E-state index contributed by atoms with van der Waals surface area (Å²) in [6.45, 7) is 2.79. The maximum Gasteiger partial charge on any atom is 0.260 e. The van der Waals surface area contributed by atoms with Gasteiger partial charge >= 0.3 is 0 Å². The van der Waals surface area contributed by atoms with Crippen LogP contribution < -0.4 is 9.64 Å². The number of amides is 2. The van der Waals surface area contributed by atoms with Crippen molar-refractivity contribution in [2.24, 2.45) is 0 Å². The van der Waals surface area contributed by atoms with E-state index in [9.17, 15) is 18.8 Å². The van der Waals surface area contributed by atoms with Gasteiger partial charge < -0.3 is 19.1 Å². The van der Waals surface area contributed by atoms with E-state index in [-0.39, 0.29) is 30.8 Å². The van der Waals surface area contributed by atoms with Crippen molar-refractivity contribution < 1.29 is 28.0 Å². The van der Waals surface area contributed by atoms with E-state index < -0.39 is 16.6 Å². The van der Waals surface area contributed by atoms with Crippen molar-refractivity contribution >= 4 is 58.1 Å². The Bertz CT molecular complexity index is 1690. The van der Waals surface area contributed by atoms with Crippen molar-refractivity contribution in [2.45, 2.75) is 37.1 Å². The van der Waals surface area contributed by atoms with Crippen LogP contribution in [0.3, 0.4) is 0 Å². The summed E-state index contributed by atoms with van der Waals surface area (Å²) in [7, 11) is 0. The summed E-state index contributed by atoms with van der Waals surface area (Å²) in [5.74, 6) is -0.329. The van der Waals surface area contributed by atoms with Gasteiger partial charge in [-0.3, -0.25) is 14.4 Å². The molecule has 2 heterocycles. The van der Waals surface area contributed by atoms with Gasteiger partial charge in [-0.25, -0.2) is 4.39 Å². The third-order valence-electron chi connectivity index (χ3n) is 7.55. The Kier molecular flexibility index (Phi) is 10.4. The molecule has 1 aliphatic rings. The largest absolute Gasteiger partial charge is 0.490 e. The summed E-state index contributed by atoms with van der Waals surface area (Å²) < 4.78 is 25.3. The Morgan fingerprint density at radius 2 is 1.76 bits per heavy atom. The number of carbonyl (C=O) groups excluding carboxylic acids is 3. The number of piperidine rings is 1. The summed E-state index contributed by atoms with van der Waals surface area (Å²) >= 11 is 18.5. The summed E-state index contributed by atoms with van der Waals surface area (Å²) in [6.07, 6.45) is 1.25. The number of carbonyl (C=O) groups is 3. The van der Waals surface area contributed by atoms with Gasteiger partial charge in [-0.05, 0) is 48.5 Å². The molecule has 1 fully saturated rings. The quantitative estimate of drug-likeness (QED) is 0.127. The minimum atomic E-state index is -1.36. The molecular formula is C33H29Cl3FN3O5. The van der Waals surface area contributed by atoms with Gasteiger partial charge in [0.15, 0.2) is 16.4 Å². The lowest BCUT2D eigenvalue weighted by Gasteiger charge is -2.31. The lowest BCUT2D eigenvalue weighted by Crippen LogP contribution is -2.40. The minimum absolute atomic E-state index is 0.0121. The second-order valence-corrected chi connectivity index (χ2v) is 12.0. The van der Waals surface area contributed by atoms with Crippen LogP contribution in [0.25, 0.3) is 22.6 Å². The summed E-state index contributed by atoms with van der Waals surface area (Å²) in [5.41, 5.74) is 2.39. The fraction of sp³-hybridized carbons (Fsp3) is 0.273. The Morgan fingerprint density at radius 3 is 2.44 bits per heavy atom. The molecule has 0 saturated carbocycles. The van der Waals surface area contributed by atoms with E-state index in [1.165, 1.54) is 29.2 Å². The van der Waals surface area contributed by atoms with E-state index >= 15 is 0 Å². The molecule has 5 rings (SSSR count). The predicted molar refractivity (Wildman–Crippen MR) is 171 cm³/mol. The third-order valence-corrected chi connectivity index (χ3v) is 8.23. The van der Waals surface area contributed by atoms with Gasteiger partial charge in [-0.2, -0.15) is 0 Å². The molecule has 1 aliphatic heterocycles. The number of alkyl halides is 2. The number of hydrogen-bond donors (Lipinski definition) is 0. The molecule has 1 aromatic heterocycles. The molecule has 0 bridgehead atoms. The van der Waals surface area contributed by atoms with Crippen LogP contribution in [-0.2, 0) is 9.59 Å².